The fraction of sp³-hybridized carbons (Fsp3) is 0.479. The van der Waals surface area contributed by atoms with Gasteiger partial charge in [-0.15, -0.1) is 5.10 Å². The fourth-order valence-electron chi connectivity index (χ4n) is 9.60. The molecule has 4 aromatic heterocycles. The first kappa shape index (κ1) is 48.0. The maximum atomic E-state index is 13.6. The molecule has 1 unspecified atom stereocenters. The van der Waals surface area contributed by atoms with E-state index in [1.54, 1.807) is 40.6 Å². The van der Waals surface area contributed by atoms with Crippen LogP contribution in [0.2, 0.25) is 0 Å². The van der Waals surface area contributed by atoms with Crippen LogP contribution in [0.1, 0.15) is 93.8 Å². The maximum absolute atomic E-state index is 13.6. The van der Waals surface area contributed by atoms with Crippen LogP contribution in [-0.4, -0.2) is 152 Å². The highest BCUT2D eigenvalue weighted by Gasteiger charge is 2.45. The number of benzene rings is 1. The Morgan fingerprint density at radius 3 is 2.34 bits per heavy atom. The van der Waals surface area contributed by atoms with Gasteiger partial charge in [0.15, 0.2) is 5.78 Å². The van der Waals surface area contributed by atoms with Gasteiger partial charge in [-0.1, -0.05) is 24.1 Å². The van der Waals surface area contributed by atoms with Gasteiger partial charge in [0.05, 0.1) is 80.5 Å². The van der Waals surface area contributed by atoms with Crippen LogP contribution in [0.4, 0.5) is 23.1 Å². The molecular weight excluding hydrogens is 903 g/mol. The van der Waals surface area contributed by atoms with Crippen LogP contribution in [0.3, 0.4) is 0 Å². The summed E-state index contributed by atoms with van der Waals surface area (Å²) in [5.41, 5.74) is 3.86. The lowest BCUT2D eigenvalue weighted by Crippen LogP contribution is -2.54. The number of ether oxygens (including phenoxy) is 3. The number of piperazine rings is 1. The predicted octanol–water partition coefficient (Wildman–Crippen LogP) is 3.03. The number of piperidine rings is 1. The van der Waals surface area contributed by atoms with Gasteiger partial charge >= 0.3 is 0 Å². The number of rotatable bonds is 21. The number of anilines is 4. The van der Waals surface area contributed by atoms with Gasteiger partial charge in [-0.05, 0) is 62.9 Å². The Hall–Kier alpha value is -7.01. The topological polar surface area (TPSA) is 250 Å². The Morgan fingerprint density at radius 1 is 0.857 bits per heavy atom. The number of Topliss-reactive ketones (excluding diaryl/α,β-unsaturated/α-hetero) is 1. The van der Waals surface area contributed by atoms with Crippen molar-refractivity contribution in [2.45, 2.75) is 77.5 Å². The molecule has 0 bridgehead atoms. The van der Waals surface area contributed by atoms with Crippen molar-refractivity contribution in [3.8, 4) is 0 Å². The second-order valence-corrected chi connectivity index (χ2v) is 17.8. The molecule has 368 valence electrons. The van der Waals surface area contributed by atoms with E-state index >= 15 is 0 Å². The van der Waals surface area contributed by atoms with Crippen LogP contribution in [0.5, 0.6) is 0 Å². The molecule has 1 aliphatic carbocycles. The number of pyridine rings is 2. The Labute approximate surface area is 403 Å². The largest absolute Gasteiger partial charge is 0.382 e. The average Bonchev–Trinajstić information content (AvgIpc) is 4.11. The number of aryl methyl sites for hydroxylation is 1. The van der Waals surface area contributed by atoms with Crippen molar-refractivity contribution in [2.24, 2.45) is 0 Å². The van der Waals surface area contributed by atoms with Gasteiger partial charge in [0.2, 0.25) is 17.8 Å². The van der Waals surface area contributed by atoms with Crippen LogP contribution in [0.25, 0.3) is 11.0 Å². The molecule has 1 atom stereocenters. The van der Waals surface area contributed by atoms with Crippen molar-refractivity contribution in [3.63, 3.8) is 0 Å². The summed E-state index contributed by atoms with van der Waals surface area (Å²) in [5, 5.41) is 17.9. The first-order chi connectivity index (χ1) is 34.0. The summed E-state index contributed by atoms with van der Waals surface area (Å²) >= 11 is 0. The van der Waals surface area contributed by atoms with Gasteiger partial charge in [-0.25, -0.2) is 14.6 Å². The highest BCUT2D eigenvalue weighted by Crippen LogP contribution is 2.34. The van der Waals surface area contributed by atoms with Crippen LogP contribution in [0, 0.1) is 6.92 Å². The van der Waals surface area contributed by atoms with Crippen molar-refractivity contribution in [2.75, 3.05) is 87.9 Å². The number of nitrogens with zero attached hydrogens (tertiary/aromatic N) is 10. The first-order valence-electron chi connectivity index (χ1n) is 23.9. The molecule has 0 spiro atoms. The molecule has 9 rings (SSSR count). The molecule has 3 N–H and O–H groups in total. The van der Waals surface area contributed by atoms with E-state index in [1.807, 2.05) is 24.5 Å². The third-order valence-electron chi connectivity index (χ3n) is 13.2. The monoisotopic (exact) mass is 959 g/mol. The number of ketones is 1. The smallest absolute Gasteiger partial charge is 0.264 e. The molecule has 1 saturated carbocycles. The molecule has 22 nitrogen and oxygen atoms in total. The minimum absolute atomic E-state index is 0.000458. The molecule has 4 amide bonds. The lowest BCUT2D eigenvalue weighted by Gasteiger charge is -2.35. The van der Waals surface area contributed by atoms with E-state index in [4.69, 9.17) is 19.2 Å². The molecule has 3 fully saturated rings. The molecule has 1 aromatic carbocycles. The van der Waals surface area contributed by atoms with E-state index in [0.29, 0.717) is 93.3 Å². The van der Waals surface area contributed by atoms with Crippen LogP contribution < -0.4 is 26.4 Å². The average molecular weight is 960 g/mol. The van der Waals surface area contributed by atoms with Gasteiger partial charge in [-0.2, -0.15) is 4.98 Å². The number of aromatic nitrogens is 7. The molecular formula is C48H57N13O9. The standard InChI is InChI=1S/C48H57N13O9/c1-30-36-27-51-48(54-43(36)60(33-6-3-4-7-33)46(66)41(30)31(2)62)52-39-12-10-34(26-50-39)58-17-15-57(16-18-58)28-32-29-59(56-55-32)19-21-69-23-25-70-24-22-68-20-14-49-37-9-5-8-35-42(37)47(67)61(45(35)65)38-11-13-40(63)53-44(38)64/h5,8-10,12,26-27,29,33,38,49H,3-4,6-7,11,13-25,28H2,1-2H3,(H,53,63,64)(H,50,51,52,54). The first-order valence-corrected chi connectivity index (χ1v) is 23.9. The van der Waals surface area contributed by atoms with E-state index in [2.05, 4.69) is 46.0 Å². The highest BCUT2D eigenvalue weighted by atomic mass is 16.5. The molecule has 5 aromatic rings. The summed E-state index contributed by atoms with van der Waals surface area (Å²) < 4.78 is 20.5. The van der Waals surface area contributed by atoms with Crippen LogP contribution in [-0.2, 0) is 36.9 Å². The van der Waals surface area contributed by atoms with Crippen molar-refractivity contribution < 1.29 is 38.2 Å². The van der Waals surface area contributed by atoms with E-state index < -0.39 is 29.7 Å². The van der Waals surface area contributed by atoms with Crippen molar-refractivity contribution in [3.05, 3.63) is 87.2 Å². The molecule has 2 saturated heterocycles. The number of hydrogen-bond donors (Lipinski definition) is 3. The van der Waals surface area contributed by atoms with Gasteiger partial charge in [0.1, 0.15) is 17.5 Å². The molecule has 22 heteroatoms. The lowest BCUT2D eigenvalue weighted by molar-refractivity contribution is -0.136. The zero-order chi connectivity index (χ0) is 48.7. The Bertz CT molecular complexity index is 2820. The van der Waals surface area contributed by atoms with E-state index in [1.165, 1.54) is 6.92 Å². The minimum atomic E-state index is -1.02. The molecule has 7 heterocycles. The van der Waals surface area contributed by atoms with Crippen LogP contribution >= 0.6 is 0 Å². The van der Waals surface area contributed by atoms with Gasteiger partial charge in [0.25, 0.3) is 17.4 Å². The Kier molecular flexibility index (Phi) is 14.9. The number of imide groups is 2. The Balaban J connectivity index is 0.635. The summed E-state index contributed by atoms with van der Waals surface area (Å²) in [6, 6.07) is 7.83. The number of amides is 4. The van der Waals surface area contributed by atoms with Gasteiger partial charge < -0.3 is 29.7 Å². The van der Waals surface area contributed by atoms with Crippen molar-refractivity contribution in [1.29, 1.82) is 0 Å². The number of carbonyl (C=O) groups excluding carboxylic acids is 5. The summed E-state index contributed by atoms with van der Waals surface area (Å²) in [6.07, 6.45) is 9.44. The fourth-order valence-corrected chi connectivity index (χ4v) is 9.60. The molecule has 0 radical (unpaired) electrons. The summed E-state index contributed by atoms with van der Waals surface area (Å²) in [4.78, 5) is 95.9. The third-order valence-corrected chi connectivity index (χ3v) is 13.2. The highest BCUT2D eigenvalue weighted by molar-refractivity contribution is 6.25. The third kappa shape index (κ3) is 10.6. The maximum Gasteiger partial charge on any atom is 0.264 e. The second kappa shape index (κ2) is 21.7. The number of fused-ring (bicyclic) bond motifs is 2. The number of hydrogen-bond acceptors (Lipinski definition) is 18. The summed E-state index contributed by atoms with van der Waals surface area (Å²) in [7, 11) is 0. The SMILES string of the molecule is CC(=O)c1c(C)c2cnc(Nc3ccc(N4CCN(Cc5cn(CCOCCOCCOCCNc6cccc7c6C(=O)N(C6CCC(=O)NC6=O)C7=O)nn5)CC4)cn3)nc2n(C2CCCC2)c1=O. The predicted molar refractivity (Wildman–Crippen MR) is 255 cm³/mol. The van der Waals surface area contributed by atoms with Gasteiger partial charge in [0, 0.05) is 75.2 Å². The molecule has 3 aliphatic heterocycles. The number of nitrogens with one attached hydrogen (secondary N) is 3. The van der Waals surface area contributed by atoms with E-state index in [9.17, 15) is 28.8 Å². The van der Waals surface area contributed by atoms with Gasteiger partial charge in [-0.3, -0.25) is 48.5 Å². The Morgan fingerprint density at radius 2 is 1.61 bits per heavy atom. The normalized spacial score (nSPS) is 17.7. The van der Waals surface area contributed by atoms with Crippen molar-refractivity contribution >= 4 is 63.6 Å². The lowest BCUT2D eigenvalue weighted by atomic mass is 10.0. The quantitative estimate of drug-likeness (QED) is 0.0543. The molecule has 70 heavy (non-hydrogen) atoms. The van der Waals surface area contributed by atoms with Crippen LogP contribution in [0.15, 0.2) is 53.7 Å². The van der Waals surface area contributed by atoms with E-state index in [0.717, 1.165) is 68.1 Å². The summed E-state index contributed by atoms with van der Waals surface area (Å²) in [6.45, 7) is 10.5. The van der Waals surface area contributed by atoms with E-state index in [-0.39, 0.29) is 46.9 Å². The molecule has 4 aliphatic rings. The van der Waals surface area contributed by atoms with Crippen molar-refractivity contribution in [1.82, 2.24) is 49.6 Å². The summed E-state index contributed by atoms with van der Waals surface area (Å²) in [5.74, 6) is -1.52. The zero-order valence-electron chi connectivity index (χ0n) is 39.4. The number of carbonyl (C=O) groups is 5. The zero-order valence-corrected chi connectivity index (χ0v) is 39.4. The minimum Gasteiger partial charge on any atom is -0.382 e. The second-order valence-electron chi connectivity index (χ2n) is 17.8.